The minimum atomic E-state index is -0.176. The summed E-state index contributed by atoms with van der Waals surface area (Å²) in [6.07, 6.45) is 4.03. The van der Waals surface area contributed by atoms with Crippen LogP contribution in [0.3, 0.4) is 0 Å². The van der Waals surface area contributed by atoms with Crippen molar-refractivity contribution >= 4 is 16.5 Å². The Bertz CT molecular complexity index is 1060. The lowest BCUT2D eigenvalue weighted by atomic mass is 9.90. The highest BCUT2D eigenvalue weighted by atomic mass is 14.7. The van der Waals surface area contributed by atoms with Crippen molar-refractivity contribution in [2.75, 3.05) is 0 Å². The Morgan fingerprint density at radius 3 is 2.27 bits per heavy atom. The van der Waals surface area contributed by atoms with Gasteiger partial charge in [-0.1, -0.05) is 92.7 Å². The zero-order valence-corrected chi connectivity index (χ0v) is 15.1. The molecule has 3 aromatic carbocycles. The molecule has 0 saturated heterocycles. The molecule has 0 bridgehead atoms. The van der Waals surface area contributed by atoms with E-state index in [4.69, 9.17) is 11.1 Å². The predicted molar refractivity (Wildman–Crippen MR) is 110 cm³/mol. The van der Waals surface area contributed by atoms with Crippen molar-refractivity contribution in [1.82, 2.24) is 0 Å². The van der Waals surface area contributed by atoms with Crippen LogP contribution in [0.4, 0.5) is 0 Å². The lowest BCUT2D eigenvalue weighted by molar-refractivity contribution is 0.582. The van der Waals surface area contributed by atoms with E-state index in [9.17, 15) is 0 Å². The van der Waals surface area contributed by atoms with Crippen molar-refractivity contribution in [1.29, 1.82) is 5.41 Å². The summed E-state index contributed by atoms with van der Waals surface area (Å²) in [4.78, 5) is 0. The molecule has 0 saturated carbocycles. The number of allylic oxidation sites excluding steroid dienone is 3. The maximum absolute atomic E-state index is 8.55. The fraction of sp³-hybridized carbons (Fsp3) is 0.125. The van der Waals surface area contributed by atoms with E-state index < -0.39 is 0 Å². The highest BCUT2D eigenvalue weighted by molar-refractivity contribution is 6.13. The first-order chi connectivity index (χ1) is 12.5. The van der Waals surface area contributed by atoms with E-state index in [1.165, 1.54) is 16.3 Å². The van der Waals surface area contributed by atoms with Crippen molar-refractivity contribution in [2.24, 2.45) is 11.1 Å². The monoisotopic (exact) mass is 338 g/mol. The minimum Gasteiger partial charge on any atom is -0.401 e. The maximum Gasteiger partial charge on any atom is 0.0702 e. The van der Waals surface area contributed by atoms with Gasteiger partial charge >= 0.3 is 0 Å². The smallest absolute Gasteiger partial charge is 0.0702 e. The van der Waals surface area contributed by atoms with Gasteiger partial charge in [-0.2, -0.15) is 0 Å². The van der Waals surface area contributed by atoms with E-state index in [2.05, 4.69) is 74.5 Å². The first kappa shape index (κ1) is 16.3. The molecule has 2 heteroatoms. The Morgan fingerprint density at radius 1 is 0.885 bits per heavy atom. The molecule has 0 spiro atoms. The Hall–Kier alpha value is -3.13. The van der Waals surface area contributed by atoms with Crippen LogP contribution in [0.25, 0.3) is 21.9 Å². The summed E-state index contributed by atoms with van der Waals surface area (Å²) in [5.74, 6) is 0. The van der Waals surface area contributed by atoms with Gasteiger partial charge in [0.05, 0.1) is 5.71 Å². The molecule has 0 aliphatic heterocycles. The molecule has 0 atom stereocenters. The Labute approximate surface area is 154 Å². The second-order valence-corrected chi connectivity index (χ2v) is 7.36. The van der Waals surface area contributed by atoms with Crippen molar-refractivity contribution in [3.63, 3.8) is 0 Å². The molecule has 4 rings (SSSR count). The van der Waals surface area contributed by atoms with Gasteiger partial charge in [0, 0.05) is 22.2 Å². The summed E-state index contributed by atoms with van der Waals surface area (Å²) < 4.78 is 0. The average molecular weight is 338 g/mol. The van der Waals surface area contributed by atoms with Gasteiger partial charge in [0.2, 0.25) is 0 Å². The van der Waals surface area contributed by atoms with E-state index in [1.807, 2.05) is 18.2 Å². The van der Waals surface area contributed by atoms with Crippen molar-refractivity contribution in [2.45, 2.75) is 13.8 Å². The molecule has 2 nitrogen and oxygen atoms in total. The summed E-state index contributed by atoms with van der Waals surface area (Å²) in [5, 5.41) is 11.0. The van der Waals surface area contributed by atoms with Gasteiger partial charge in [0.25, 0.3) is 0 Å². The summed E-state index contributed by atoms with van der Waals surface area (Å²) in [7, 11) is 0. The SMILES string of the molecule is CC1(C)C=CC(C(=N)c2ccc(-c3cccc4ccccc34)cc2)=C1N. The fourth-order valence-electron chi connectivity index (χ4n) is 3.49. The molecule has 1 aliphatic rings. The second kappa shape index (κ2) is 5.99. The first-order valence-corrected chi connectivity index (χ1v) is 8.84. The number of hydrogen-bond acceptors (Lipinski definition) is 2. The largest absolute Gasteiger partial charge is 0.401 e. The second-order valence-electron chi connectivity index (χ2n) is 7.36. The van der Waals surface area contributed by atoms with Gasteiger partial charge in [-0.15, -0.1) is 0 Å². The van der Waals surface area contributed by atoms with Crippen LogP contribution in [0, 0.1) is 10.8 Å². The molecule has 128 valence electrons. The molecule has 0 heterocycles. The molecular weight excluding hydrogens is 316 g/mol. The Balaban J connectivity index is 1.71. The van der Waals surface area contributed by atoms with Crippen LogP contribution in [-0.2, 0) is 0 Å². The number of nitrogens with two attached hydrogens (primary N) is 1. The number of nitrogens with one attached hydrogen (secondary N) is 1. The Morgan fingerprint density at radius 2 is 1.58 bits per heavy atom. The topological polar surface area (TPSA) is 49.9 Å². The van der Waals surface area contributed by atoms with Crippen LogP contribution in [0.2, 0.25) is 0 Å². The minimum absolute atomic E-state index is 0.176. The normalized spacial score (nSPS) is 15.6. The van der Waals surface area contributed by atoms with E-state index in [-0.39, 0.29) is 5.41 Å². The molecule has 3 aromatic rings. The van der Waals surface area contributed by atoms with Crippen LogP contribution < -0.4 is 5.73 Å². The lowest BCUT2D eigenvalue weighted by Crippen LogP contribution is -2.19. The first-order valence-electron chi connectivity index (χ1n) is 8.84. The highest BCUT2D eigenvalue weighted by Gasteiger charge is 2.27. The molecule has 0 aromatic heterocycles. The van der Waals surface area contributed by atoms with E-state index >= 15 is 0 Å². The highest BCUT2D eigenvalue weighted by Crippen LogP contribution is 2.35. The molecule has 1 aliphatic carbocycles. The molecule has 0 amide bonds. The maximum atomic E-state index is 8.55. The number of rotatable bonds is 3. The van der Waals surface area contributed by atoms with Crippen LogP contribution >= 0.6 is 0 Å². The predicted octanol–water partition coefficient (Wildman–Crippen LogP) is 5.68. The quantitative estimate of drug-likeness (QED) is 0.593. The zero-order chi connectivity index (χ0) is 18.3. The van der Waals surface area contributed by atoms with Crippen LogP contribution in [0.5, 0.6) is 0 Å². The fourth-order valence-corrected chi connectivity index (χ4v) is 3.49. The van der Waals surface area contributed by atoms with Crippen molar-refractivity contribution in [3.05, 3.63) is 95.7 Å². The number of fused-ring (bicyclic) bond motifs is 1. The van der Waals surface area contributed by atoms with Crippen molar-refractivity contribution < 1.29 is 0 Å². The number of hydrogen-bond donors (Lipinski definition) is 2. The van der Waals surface area contributed by atoms with E-state index in [0.29, 0.717) is 5.71 Å². The van der Waals surface area contributed by atoms with Gasteiger partial charge in [-0.05, 0) is 21.9 Å². The molecule has 0 radical (unpaired) electrons. The lowest BCUT2D eigenvalue weighted by Gasteiger charge is -2.18. The summed E-state index contributed by atoms with van der Waals surface area (Å²) in [6.45, 7) is 4.14. The van der Waals surface area contributed by atoms with Crippen molar-refractivity contribution in [3.8, 4) is 11.1 Å². The van der Waals surface area contributed by atoms with E-state index in [0.717, 1.165) is 22.4 Å². The van der Waals surface area contributed by atoms with Gasteiger partial charge in [-0.25, -0.2) is 0 Å². The van der Waals surface area contributed by atoms with Crippen LogP contribution in [0.15, 0.2) is 90.2 Å². The average Bonchev–Trinajstić information content (AvgIpc) is 2.94. The van der Waals surface area contributed by atoms with Gasteiger partial charge in [-0.3, -0.25) is 5.41 Å². The van der Waals surface area contributed by atoms with Gasteiger partial charge in [0.1, 0.15) is 0 Å². The third kappa shape index (κ3) is 2.64. The third-order valence-corrected chi connectivity index (χ3v) is 5.19. The van der Waals surface area contributed by atoms with E-state index in [1.54, 1.807) is 0 Å². The molecule has 0 unspecified atom stereocenters. The molecule has 3 N–H and O–H groups in total. The summed E-state index contributed by atoms with van der Waals surface area (Å²) in [6, 6.07) is 23.0. The molecular formula is C24H22N2. The Kier molecular flexibility index (Phi) is 3.77. The van der Waals surface area contributed by atoms with Gasteiger partial charge in [0.15, 0.2) is 0 Å². The molecule has 0 fully saturated rings. The van der Waals surface area contributed by atoms with Crippen LogP contribution in [0.1, 0.15) is 19.4 Å². The standard InChI is InChI=1S/C24H22N2/c1-24(2)15-14-21(23(24)26)22(25)18-12-10-17(11-13-18)20-9-5-7-16-6-3-4-8-19(16)20/h3-15,25H,26H2,1-2H3. The summed E-state index contributed by atoms with van der Waals surface area (Å²) >= 11 is 0. The number of benzene rings is 3. The molecule has 26 heavy (non-hydrogen) atoms. The third-order valence-electron chi connectivity index (χ3n) is 5.19. The van der Waals surface area contributed by atoms with Gasteiger partial charge < -0.3 is 5.73 Å². The summed E-state index contributed by atoms with van der Waals surface area (Å²) in [5.41, 5.74) is 11.4. The zero-order valence-electron chi connectivity index (χ0n) is 15.1. The van der Waals surface area contributed by atoms with Crippen LogP contribution in [-0.4, -0.2) is 5.71 Å².